The average Bonchev–Trinajstić information content (AvgIpc) is 3.15. The minimum atomic E-state index is -0.114. The van der Waals surface area contributed by atoms with Crippen LogP contribution in [0.5, 0.6) is 11.5 Å². The van der Waals surface area contributed by atoms with Gasteiger partial charge >= 0.3 is 0 Å². The van der Waals surface area contributed by atoms with E-state index in [1.54, 1.807) is 23.2 Å². The third-order valence-electron chi connectivity index (χ3n) is 5.03. The molecule has 4 rings (SSSR count). The molecule has 0 aliphatic carbocycles. The number of aliphatic imine (C=N–C) groups is 1. The lowest BCUT2D eigenvalue weighted by Crippen LogP contribution is -2.28. The molecule has 1 aliphatic heterocycles. The summed E-state index contributed by atoms with van der Waals surface area (Å²) in [4.78, 5) is 23.8. The molecule has 9 heteroatoms. The van der Waals surface area contributed by atoms with Gasteiger partial charge in [-0.2, -0.15) is 0 Å². The van der Waals surface area contributed by atoms with Gasteiger partial charge in [-0.05, 0) is 79.2 Å². The Morgan fingerprint density at radius 1 is 1.06 bits per heavy atom. The molecule has 1 saturated heterocycles. The number of pyridine rings is 1. The molecule has 0 atom stereocenters. The summed E-state index contributed by atoms with van der Waals surface area (Å²) in [6.45, 7) is 5.17. The molecular weight excluding hydrogens is 505 g/mol. The van der Waals surface area contributed by atoms with Gasteiger partial charge in [0.05, 0.1) is 11.5 Å². The Bertz CT molecular complexity index is 1280. The highest BCUT2D eigenvalue weighted by Crippen LogP contribution is 2.36. The minimum absolute atomic E-state index is 0.114. The van der Waals surface area contributed by atoms with Crippen LogP contribution in [0.15, 0.2) is 70.7 Å². The van der Waals surface area contributed by atoms with E-state index in [4.69, 9.17) is 32.7 Å². The first-order valence-electron chi connectivity index (χ1n) is 11.0. The Morgan fingerprint density at radius 3 is 2.57 bits per heavy atom. The molecule has 0 bridgehead atoms. The van der Waals surface area contributed by atoms with Crippen molar-refractivity contribution in [1.82, 2.24) is 9.88 Å². The van der Waals surface area contributed by atoms with Crippen LogP contribution in [-0.4, -0.2) is 34.1 Å². The minimum Gasteiger partial charge on any atom is -0.490 e. The van der Waals surface area contributed by atoms with Crippen LogP contribution in [0.4, 0.5) is 5.69 Å². The Labute approximate surface area is 218 Å². The van der Waals surface area contributed by atoms with E-state index in [0.29, 0.717) is 52.0 Å². The molecular formula is C26H23Cl2N3O3S. The summed E-state index contributed by atoms with van der Waals surface area (Å²) >= 11 is 13.4. The van der Waals surface area contributed by atoms with Crippen LogP contribution in [0.2, 0.25) is 10.2 Å². The van der Waals surface area contributed by atoms with E-state index in [-0.39, 0.29) is 11.1 Å². The zero-order valence-electron chi connectivity index (χ0n) is 19.2. The van der Waals surface area contributed by atoms with Gasteiger partial charge in [-0.1, -0.05) is 41.4 Å². The number of aromatic nitrogens is 1. The number of nitrogens with zero attached hydrogens (tertiary/aromatic N) is 3. The molecule has 35 heavy (non-hydrogen) atoms. The van der Waals surface area contributed by atoms with Gasteiger partial charge in [-0.15, -0.1) is 0 Å². The number of amidine groups is 1. The highest BCUT2D eigenvalue weighted by Gasteiger charge is 2.32. The smallest absolute Gasteiger partial charge is 0.266 e. The quantitative estimate of drug-likeness (QED) is 0.233. The molecule has 0 radical (unpaired) electrons. The van der Waals surface area contributed by atoms with Crippen LogP contribution in [0.25, 0.3) is 6.08 Å². The fourth-order valence-electron chi connectivity index (χ4n) is 3.33. The number of hydrogen-bond acceptors (Lipinski definition) is 6. The second-order valence-electron chi connectivity index (χ2n) is 7.42. The summed E-state index contributed by atoms with van der Waals surface area (Å²) in [6.07, 6.45) is 3.43. The van der Waals surface area contributed by atoms with Crippen molar-refractivity contribution in [3.8, 4) is 11.5 Å². The standard InChI is InChI=1S/C26H23Cl2N3O3S/c1-3-31-25(32)23(35-26(31)30-20-6-5-13-29-24(20)28)15-18-9-12-21(22(14-18)33-4-2)34-16-17-7-10-19(27)11-8-17/h5-15H,3-4,16H2,1-2H3/b23-15-,30-26?. The van der Waals surface area contributed by atoms with Crippen LogP contribution < -0.4 is 9.47 Å². The van der Waals surface area contributed by atoms with E-state index in [0.717, 1.165) is 11.1 Å². The van der Waals surface area contributed by atoms with Gasteiger partial charge in [-0.25, -0.2) is 9.98 Å². The van der Waals surface area contributed by atoms with Crippen molar-refractivity contribution >= 4 is 57.8 Å². The zero-order valence-corrected chi connectivity index (χ0v) is 21.5. The number of carbonyl (C=O) groups excluding carboxylic acids is 1. The average molecular weight is 528 g/mol. The number of rotatable bonds is 8. The van der Waals surface area contributed by atoms with Gasteiger partial charge in [0.15, 0.2) is 21.8 Å². The predicted octanol–water partition coefficient (Wildman–Crippen LogP) is 6.99. The monoisotopic (exact) mass is 527 g/mol. The third kappa shape index (κ3) is 6.17. The molecule has 1 amide bonds. The molecule has 2 heterocycles. The number of thioether (sulfide) groups is 1. The van der Waals surface area contributed by atoms with E-state index in [9.17, 15) is 4.79 Å². The number of ether oxygens (including phenoxy) is 2. The molecule has 0 N–H and O–H groups in total. The van der Waals surface area contributed by atoms with E-state index in [2.05, 4.69) is 9.98 Å². The molecule has 6 nitrogen and oxygen atoms in total. The van der Waals surface area contributed by atoms with E-state index in [1.807, 2.05) is 62.4 Å². The molecule has 180 valence electrons. The predicted molar refractivity (Wildman–Crippen MR) is 143 cm³/mol. The van der Waals surface area contributed by atoms with Crippen LogP contribution >= 0.6 is 35.0 Å². The van der Waals surface area contributed by atoms with Crippen molar-refractivity contribution < 1.29 is 14.3 Å². The molecule has 1 aromatic heterocycles. The summed E-state index contributed by atoms with van der Waals surface area (Å²) < 4.78 is 11.8. The second-order valence-corrected chi connectivity index (χ2v) is 9.23. The van der Waals surface area contributed by atoms with E-state index < -0.39 is 0 Å². The lowest BCUT2D eigenvalue weighted by Gasteiger charge is -2.13. The van der Waals surface area contributed by atoms with Crippen LogP contribution in [-0.2, 0) is 11.4 Å². The Morgan fingerprint density at radius 2 is 1.86 bits per heavy atom. The summed E-state index contributed by atoms with van der Waals surface area (Å²) in [5.41, 5.74) is 2.33. The van der Waals surface area contributed by atoms with E-state index >= 15 is 0 Å². The van der Waals surface area contributed by atoms with Crippen LogP contribution in [0.1, 0.15) is 25.0 Å². The maximum atomic E-state index is 13.0. The van der Waals surface area contributed by atoms with Crippen molar-refractivity contribution in [2.45, 2.75) is 20.5 Å². The maximum absolute atomic E-state index is 13.0. The third-order valence-corrected chi connectivity index (χ3v) is 6.58. The van der Waals surface area contributed by atoms with Crippen molar-refractivity contribution in [2.75, 3.05) is 13.2 Å². The van der Waals surface area contributed by atoms with Gasteiger partial charge in [0, 0.05) is 17.8 Å². The molecule has 1 fully saturated rings. The fourth-order valence-corrected chi connectivity index (χ4v) is 4.67. The van der Waals surface area contributed by atoms with Gasteiger partial charge in [0.2, 0.25) is 0 Å². The first-order chi connectivity index (χ1) is 17.0. The summed E-state index contributed by atoms with van der Waals surface area (Å²) in [6, 6.07) is 16.6. The molecule has 0 unspecified atom stereocenters. The number of halogens is 2. The highest BCUT2D eigenvalue weighted by atomic mass is 35.5. The second kappa shape index (κ2) is 11.6. The van der Waals surface area contributed by atoms with Crippen molar-refractivity contribution in [3.05, 3.63) is 87.0 Å². The molecule has 2 aromatic carbocycles. The normalized spacial score (nSPS) is 15.8. The SMILES string of the molecule is CCOc1cc(/C=C2\SC(=Nc3cccnc3Cl)N(CC)C2=O)ccc1OCc1ccc(Cl)cc1. The van der Waals surface area contributed by atoms with Crippen molar-refractivity contribution in [1.29, 1.82) is 0 Å². The lowest BCUT2D eigenvalue weighted by molar-refractivity contribution is -0.122. The van der Waals surface area contributed by atoms with Gasteiger partial charge in [0.1, 0.15) is 12.3 Å². The molecule has 0 spiro atoms. The number of hydrogen-bond donors (Lipinski definition) is 0. The summed E-state index contributed by atoms with van der Waals surface area (Å²) in [7, 11) is 0. The number of likely N-dealkylation sites (N-methyl/N-ethyl adjacent to an activating group) is 1. The van der Waals surface area contributed by atoms with E-state index in [1.165, 1.54) is 11.8 Å². The Hall–Kier alpha value is -3.00. The van der Waals surface area contributed by atoms with Crippen LogP contribution in [0.3, 0.4) is 0 Å². The van der Waals surface area contributed by atoms with Crippen molar-refractivity contribution in [2.24, 2.45) is 4.99 Å². The molecule has 1 aliphatic rings. The number of carbonyl (C=O) groups is 1. The number of benzene rings is 2. The molecule has 3 aromatic rings. The Kier molecular flexibility index (Phi) is 8.33. The molecule has 0 saturated carbocycles. The first-order valence-corrected chi connectivity index (χ1v) is 12.6. The largest absolute Gasteiger partial charge is 0.490 e. The van der Waals surface area contributed by atoms with Crippen LogP contribution in [0, 0.1) is 0 Å². The van der Waals surface area contributed by atoms with Crippen molar-refractivity contribution in [3.63, 3.8) is 0 Å². The Balaban J connectivity index is 1.57. The summed E-state index contributed by atoms with van der Waals surface area (Å²) in [5.74, 6) is 1.12. The van der Waals surface area contributed by atoms with Gasteiger partial charge in [0.25, 0.3) is 5.91 Å². The van der Waals surface area contributed by atoms with Gasteiger partial charge < -0.3 is 9.47 Å². The number of amides is 1. The maximum Gasteiger partial charge on any atom is 0.266 e. The highest BCUT2D eigenvalue weighted by molar-refractivity contribution is 8.18. The zero-order chi connectivity index (χ0) is 24.8. The summed E-state index contributed by atoms with van der Waals surface area (Å²) in [5, 5.41) is 1.53. The fraction of sp³-hybridized carbons (Fsp3) is 0.192. The lowest BCUT2D eigenvalue weighted by atomic mass is 10.1. The topological polar surface area (TPSA) is 64.0 Å². The first kappa shape index (κ1) is 25.1. The van der Waals surface area contributed by atoms with Gasteiger partial charge in [-0.3, -0.25) is 9.69 Å².